The third-order valence-electron chi connectivity index (χ3n) is 5.83. The van der Waals surface area contributed by atoms with Crippen molar-refractivity contribution in [3.05, 3.63) is 60.7 Å². The molecule has 1 amide bonds. The highest BCUT2D eigenvalue weighted by atomic mass is 28.4. The molecule has 5 nitrogen and oxygen atoms in total. The lowest BCUT2D eigenvalue weighted by Crippen LogP contribution is -2.68. The predicted molar refractivity (Wildman–Crippen MR) is 133 cm³/mol. The van der Waals surface area contributed by atoms with Gasteiger partial charge in [-0.15, -0.1) is 0 Å². The summed E-state index contributed by atoms with van der Waals surface area (Å²) in [4.78, 5) is 14.2. The number of amides is 1. The maximum absolute atomic E-state index is 12.8. The number of hydrogen-bond acceptors (Lipinski definition) is 4. The van der Waals surface area contributed by atoms with Crippen LogP contribution in [0.15, 0.2) is 60.7 Å². The maximum Gasteiger partial charge on any atom is 0.410 e. The van der Waals surface area contributed by atoms with Gasteiger partial charge in [-0.3, -0.25) is 0 Å². The molecular formula is C26H39NO4Si. The molecule has 32 heavy (non-hydrogen) atoms. The van der Waals surface area contributed by atoms with Gasteiger partial charge in [-0.05, 0) is 43.1 Å². The Morgan fingerprint density at radius 3 is 1.66 bits per heavy atom. The Bertz CT molecular complexity index is 835. The van der Waals surface area contributed by atoms with Crippen LogP contribution in [0.2, 0.25) is 5.04 Å². The van der Waals surface area contributed by atoms with E-state index in [9.17, 15) is 9.90 Å². The van der Waals surface area contributed by atoms with E-state index in [0.717, 1.165) is 10.4 Å². The molecule has 1 N–H and O–H groups in total. The first kappa shape index (κ1) is 26.1. The van der Waals surface area contributed by atoms with E-state index in [1.165, 1.54) is 4.90 Å². The van der Waals surface area contributed by atoms with Gasteiger partial charge in [-0.1, -0.05) is 81.4 Å². The van der Waals surface area contributed by atoms with Crippen LogP contribution in [0.3, 0.4) is 0 Å². The van der Waals surface area contributed by atoms with E-state index < -0.39 is 25.6 Å². The fraction of sp³-hybridized carbons (Fsp3) is 0.500. The lowest BCUT2D eigenvalue weighted by molar-refractivity contribution is -0.0189. The molecule has 0 aliphatic heterocycles. The first-order chi connectivity index (χ1) is 14.8. The quantitative estimate of drug-likeness (QED) is 0.634. The molecule has 0 aliphatic rings. The van der Waals surface area contributed by atoms with E-state index in [1.54, 1.807) is 7.05 Å². The molecule has 0 aliphatic carbocycles. The molecule has 0 spiro atoms. The SMILES string of the molecule is CN(C(=O)OC(C)(C)C)[C@](C)(CO)CO[Si](c1ccccc1)(c1ccccc1)C(C)(C)C. The van der Waals surface area contributed by atoms with E-state index in [1.807, 2.05) is 64.1 Å². The lowest BCUT2D eigenvalue weighted by Gasteiger charge is -2.46. The Morgan fingerprint density at radius 2 is 1.31 bits per heavy atom. The van der Waals surface area contributed by atoms with Crippen LogP contribution in [-0.4, -0.2) is 55.8 Å². The van der Waals surface area contributed by atoms with E-state index in [0.29, 0.717) is 0 Å². The second-order valence-electron chi connectivity index (χ2n) is 10.6. The van der Waals surface area contributed by atoms with Gasteiger partial charge in [0.15, 0.2) is 0 Å². The third-order valence-corrected chi connectivity index (χ3v) is 10.8. The summed E-state index contributed by atoms with van der Waals surface area (Å²) in [5.74, 6) is 0. The fourth-order valence-electron chi connectivity index (χ4n) is 3.82. The van der Waals surface area contributed by atoms with E-state index >= 15 is 0 Å². The van der Waals surface area contributed by atoms with E-state index in [2.05, 4.69) is 45.0 Å². The molecule has 1 atom stereocenters. The zero-order valence-electron chi connectivity index (χ0n) is 20.8. The number of likely N-dealkylation sites (N-methyl/N-ethyl adjacent to an activating group) is 1. The minimum absolute atomic E-state index is 0.173. The van der Waals surface area contributed by atoms with Gasteiger partial charge in [-0.2, -0.15) is 0 Å². The third kappa shape index (κ3) is 5.60. The predicted octanol–water partition coefficient (Wildman–Crippen LogP) is 4.18. The Balaban J connectivity index is 2.51. The van der Waals surface area contributed by atoms with Gasteiger partial charge in [0, 0.05) is 7.05 Å². The van der Waals surface area contributed by atoms with Crippen LogP contribution in [0.1, 0.15) is 48.5 Å². The van der Waals surface area contributed by atoms with Gasteiger partial charge in [0.1, 0.15) is 5.60 Å². The van der Waals surface area contributed by atoms with Gasteiger partial charge in [0.25, 0.3) is 8.32 Å². The van der Waals surface area contributed by atoms with Crippen LogP contribution in [0.25, 0.3) is 0 Å². The number of ether oxygens (including phenoxy) is 1. The summed E-state index contributed by atoms with van der Waals surface area (Å²) >= 11 is 0. The van der Waals surface area contributed by atoms with Gasteiger partial charge in [0.2, 0.25) is 0 Å². The lowest BCUT2D eigenvalue weighted by atomic mass is 10.0. The van der Waals surface area contributed by atoms with Crippen molar-refractivity contribution in [2.45, 2.75) is 64.6 Å². The minimum Gasteiger partial charge on any atom is -0.444 e. The summed E-state index contributed by atoms with van der Waals surface area (Å²) < 4.78 is 12.5. The molecule has 2 rings (SSSR count). The van der Waals surface area contributed by atoms with Crippen molar-refractivity contribution < 1.29 is 19.1 Å². The van der Waals surface area contributed by atoms with Gasteiger partial charge in [0.05, 0.1) is 18.8 Å². The second kappa shape index (κ2) is 9.77. The number of carbonyl (C=O) groups excluding carboxylic acids is 1. The van der Waals surface area contributed by atoms with Gasteiger partial charge < -0.3 is 19.2 Å². The number of nitrogens with zero attached hydrogens (tertiary/aromatic N) is 1. The highest BCUT2D eigenvalue weighted by Gasteiger charge is 2.51. The minimum atomic E-state index is -2.79. The first-order valence-corrected chi connectivity index (χ1v) is 13.0. The van der Waals surface area contributed by atoms with Crippen molar-refractivity contribution in [1.82, 2.24) is 4.90 Å². The highest BCUT2D eigenvalue weighted by molar-refractivity contribution is 6.99. The van der Waals surface area contributed by atoms with Crippen molar-refractivity contribution in [1.29, 1.82) is 0 Å². The van der Waals surface area contributed by atoms with Gasteiger partial charge >= 0.3 is 6.09 Å². The van der Waals surface area contributed by atoms with Crippen molar-refractivity contribution in [2.75, 3.05) is 20.3 Å². The monoisotopic (exact) mass is 457 g/mol. The molecule has 0 heterocycles. The number of hydrogen-bond donors (Lipinski definition) is 1. The number of rotatable bonds is 7. The molecule has 0 saturated carbocycles. The standard InChI is InChI=1S/C26H39NO4Si/c1-24(2,3)31-23(29)27(8)26(7,19-28)20-30-32(25(4,5)6,21-15-11-9-12-16-21)22-17-13-10-14-18-22/h9-18,28H,19-20H2,1-8H3/t26-/m1/s1. The number of aliphatic hydroxyl groups is 1. The number of aliphatic hydroxyl groups excluding tert-OH is 1. The smallest absolute Gasteiger partial charge is 0.410 e. The number of benzene rings is 2. The van der Waals surface area contributed by atoms with Crippen molar-refractivity contribution in [3.63, 3.8) is 0 Å². The molecule has 0 saturated heterocycles. The van der Waals surface area contributed by atoms with Crippen LogP contribution in [0, 0.1) is 0 Å². The van der Waals surface area contributed by atoms with E-state index in [4.69, 9.17) is 9.16 Å². The summed E-state index contributed by atoms with van der Waals surface area (Å²) in [5, 5.41) is 12.4. The normalized spacial score (nSPS) is 14.5. The molecule has 0 bridgehead atoms. The van der Waals surface area contributed by atoms with E-state index in [-0.39, 0.29) is 18.3 Å². The topological polar surface area (TPSA) is 59.0 Å². The van der Waals surface area contributed by atoms with Crippen molar-refractivity contribution in [2.24, 2.45) is 0 Å². The zero-order valence-corrected chi connectivity index (χ0v) is 21.8. The van der Waals surface area contributed by atoms with Crippen LogP contribution in [0.5, 0.6) is 0 Å². The zero-order chi connectivity index (χ0) is 24.2. The molecule has 176 valence electrons. The first-order valence-electron chi connectivity index (χ1n) is 11.1. The van der Waals surface area contributed by atoms with Crippen LogP contribution in [-0.2, 0) is 9.16 Å². The molecule has 0 unspecified atom stereocenters. The van der Waals surface area contributed by atoms with Crippen LogP contribution >= 0.6 is 0 Å². The summed E-state index contributed by atoms with van der Waals surface area (Å²) in [6.07, 6.45) is -0.486. The summed E-state index contributed by atoms with van der Waals surface area (Å²) in [7, 11) is -1.14. The molecule has 2 aromatic rings. The average Bonchev–Trinajstić information content (AvgIpc) is 2.72. The molecule has 2 aromatic carbocycles. The Labute approximate surface area is 194 Å². The van der Waals surface area contributed by atoms with Crippen LogP contribution in [0.4, 0.5) is 4.79 Å². The van der Waals surface area contributed by atoms with Gasteiger partial charge in [-0.25, -0.2) is 4.79 Å². The molecule has 0 fully saturated rings. The molecule has 0 radical (unpaired) electrons. The summed E-state index contributed by atoms with van der Waals surface area (Å²) in [6, 6.07) is 20.6. The van der Waals surface area contributed by atoms with Crippen molar-refractivity contribution >= 4 is 24.8 Å². The molecule has 0 aromatic heterocycles. The average molecular weight is 458 g/mol. The summed E-state index contributed by atoms with van der Waals surface area (Å²) in [5.41, 5.74) is -1.57. The Hall–Kier alpha value is -2.15. The Morgan fingerprint density at radius 1 is 0.875 bits per heavy atom. The van der Waals surface area contributed by atoms with Crippen LogP contribution < -0.4 is 10.4 Å². The van der Waals surface area contributed by atoms with Crippen molar-refractivity contribution in [3.8, 4) is 0 Å². The summed E-state index contributed by atoms with van der Waals surface area (Å²) in [6.45, 7) is 13.8. The second-order valence-corrected chi connectivity index (χ2v) is 15.0. The largest absolute Gasteiger partial charge is 0.444 e. The number of carbonyl (C=O) groups is 1. The Kier molecular flexibility index (Phi) is 7.97. The molecular weight excluding hydrogens is 418 g/mol. The maximum atomic E-state index is 12.8. The molecule has 6 heteroatoms. The fourth-order valence-corrected chi connectivity index (χ4v) is 8.51. The highest BCUT2D eigenvalue weighted by Crippen LogP contribution is 2.37.